The van der Waals surface area contributed by atoms with Crippen molar-refractivity contribution < 1.29 is 14.6 Å². The zero-order valence-corrected chi connectivity index (χ0v) is 21.9. The fourth-order valence-corrected chi connectivity index (χ4v) is 4.20. The number of amides is 2. The summed E-state index contributed by atoms with van der Waals surface area (Å²) in [5.74, 6) is 0.527. The van der Waals surface area contributed by atoms with Crippen LogP contribution in [0.15, 0.2) is 4.99 Å². The molecule has 202 valence electrons. The van der Waals surface area contributed by atoms with Crippen molar-refractivity contribution in [1.82, 2.24) is 21.0 Å². The van der Waals surface area contributed by atoms with Crippen molar-refractivity contribution in [3.63, 3.8) is 0 Å². The topological polar surface area (TPSA) is 155 Å². The maximum absolute atomic E-state index is 12.7. The first kappa shape index (κ1) is 30.6. The quantitative estimate of drug-likeness (QED) is 0.0789. The Bertz CT molecular complexity index is 664. The first-order chi connectivity index (χ1) is 16.7. The fourth-order valence-electron chi connectivity index (χ4n) is 4.20. The van der Waals surface area contributed by atoms with E-state index in [1.165, 1.54) is 32.2 Å². The summed E-state index contributed by atoms with van der Waals surface area (Å²) in [6, 6.07) is -0.656. The predicted molar refractivity (Wildman–Crippen MR) is 138 cm³/mol. The summed E-state index contributed by atoms with van der Waals surface area (Å²) in [4.78, 5) is 42.0. The van der Waals surface area contributed by atoms with Gasteiger partial charge in [0.05, 0.1) is 0 Å². The zero-order chi connectivity index (χ0) is 26.1. The summed E-state index contributed by atoms with van der Waals surface area (Å²) in [5, 5.41) is 15.4. The summed E-state index contributed by atoms with van der Waals surface area (Å²) in [6.07, 6.45) is 8.84. The van der Waals surface area contributed by atoms with Gasteiger partial charge in [-0.15, -0.1) is 0 Å². The van der Waals surface area contributed by atoms with Crippen LogP contribution in [0.25, 0.3) is 0 Å². The standard InChI is InChI=1S/C24H47N7O4/c1-4-5-16-30-17-12-20(13-18-30)8-6-10-22(32)28-21(23(33)26-15-11-19(2)3)9-7-14-27-24(25)29-31(34)35/h19-21H,4-18H2,1-3H3,(H,26,33)(H,28,32)(H3,25,27,29)/t21-/m0/s1. The lowest BCUT2D eigenvalue weighted by atomic mass is 9.91. The van der Waals surface area contributed by atoms with Gasteiger partial charge in [0.25, 0.3) is 5.96 Å². The molecule has 1 aliphatic rings. The van der Waals surface area contributed by atoms with Gasteiger partial charge in [-0.2, -0.15) is 0 Å². The molecule has 5 N–H and O–H groups in total. The molecule has 0 unspecified atom stereocenters. The summed E-state index contributed by atoms with van der Waals surface area (Å²) in [5.41, 5.74) is 7.20. The van der Waals surface area contributed by atoms with E-state index >= 15 is 0 Å². The Labute approximate surface area is 210 Å². The molecule has 0 saturated carbocycles. The summed E-state index contributed by atoms with van der Waals surface area (Å²) < 4.78 is 0. The molecule has 0 aliphatic carbocycles. The number of nitro groups is 1. The van der Waals surface area contributed by atoms with E-state index in [0.717, 1.165) is 32.4 Å². The number of nitrogens with one attached hydrogen (secondary N) is 3. The maximum Gasteiger partial charge on any atom is 0.251 e. The van der Waals surface area contributed by atoms with Crippen molar-refractivity contribution in [2.75, 3.05) is 32.7 Å². The normalized spacial score (nSPS) is 16.2. The second-order valence-corrected chi connectivity index (χ2v) is 9.90. The minimum atomic E-state index is -0.778. The molecular formula is C24H47N7O4. The zero-order valence-electron chi connectivity index (χ0n) is 21.9. The fraction of sp³-hybridized carbons (Fsp3) is 0.875. The number of guanidine groups is 1. The number of hydrogen-bond acceptors (Lipinski definition) is 6. The molecule has 1 saturated heterocycles. The van der Waals surface area contributed by atoms with Gasteiger partial charge in [0.1, 0.15) is 6.04 Å². The third-order valence-electron chi connectivity index (χ3n) is 6.36. The largest absolute Gasteiger partial charge is 0.365 e. The van der Waals surface area contributed by atoms with Crippen molar-refractivity contribution in [3.05, 3.63) is 10.1 Å². The highest BCUT2D eigenvalue weighted by Gasteiger charge is 2.22. The molecule has 0 aromatic carbocycles. The Morgan fingerprint density at radius 3 is 2.51 bits per heavy atom. The highest BCUT2D eigenvalue weighted by molar-refractivity contribution is 5.87. The molecule has 1 atom stereocenters. The molecule has 1 rings (SSSR count). The molecule has 35 heavy (non-hydrogen) atoms. The van der Waals surface area contributed by atoms with Crippen molar-refractivity contribution in [2.45, 2.75) is 91.0 Å². The average molecular weight is 498 g/mol. The molecule has 0 spiro atoms. The molecular weight excluding hydrogens is 450 g/mol. The van der Waals surface area contributed by atoms with Crippen molar-refractivity contribution >= 4 is 17.8 Å². The van der Waals surface area contributed by atoms with Crippen LogP contribution >= 0.6 is 0 Å². The highest BCUT2D eigenvalue weighted by Crippen LogP contribution is 2.22. The second kappa shape index (κ2) is 17.9. The van der Waals surface area contributed by atoms with Crippen LogP contribution in [0.5, 0.6) is 0 Å². The van der Waals surface area contributed by atoms with Crippen molar-refractivity contribution in [2.24, 2.45) is 22.6 Å². The minimum absolute atomic E-state index is 0.118. The smallest absolute Gasteiger partial charge is 0.251 e. The summed E-state index contributed by atoms with van der Waals surface area (Å²) >= 11 is 0. The Balaban J connectivity index is 2.43. The number of carbonyl (C=O) groups excluding carboxylic acids is 2. The molecule has 2 amide bonds. The number of carbonyl (C=O) groups is 2. The van der Waals surface area contributed by atoms with Crippen molar-refractivity contribution in [1.29, 1.82) is 0 Å². The highest BCUT2D eigenvalue weighted by atomic mass is 16.7. The molecule has 1 heterocycles. The van der Waals surface area contributed by atoms with Crippen LogP contribution in [0.4, 0.5) is 0 Å². The van der Waals surface area contributed by atoms with Gasteiger partial charge in [-0.3, -0.25) is 9.59 Å². The molecule has 0 aromatic rings. The number of nitrogens with two attached hydrogens (primary N) is 1. The van der Waals surface area contributed by atoms with Gasteiger partial charge < -0.3 is 21.3 Å². The van der Waals surface area contributed by atoms with E-state index in [0.29, 0.717) is 37.6 Å². The lowest BCUT2D eigenvalue weighted by Crippen LogP contribution is -2.47. The molecule has 11 heteroatoms. The Morgan fingerprint density at radius 1 is 1.17 bits per heavy atom. The maximum atomic E-state index is 12.7. The van der Waals surface area contributed by atoms with Crippen molar-refractivity contribution in [3.8, 4) is 0 Å². The number of unbranched alkanes of at least 4 members (excludes halogenated alkanes) is 1. The van der Waals surface area contributed by atoms with Gasteiger partial charge in [0, 0.05) is 19.5 Å². The van der Waals surface area contributed by atoms with Gasteiger partial charge in [0.15, 0.2) is 5.03 Å². The van der Waals surface area contributed by atoms with Crippen LogP contribution in [0.3, 0.4) is 0 Å². The average Bonchev–Trinajstić information content (AvgIpc) is 2.79. The van der Waals surface area contributed by atoms with Gasteiger partial charge in [0.2, 0.25) is 11.8 Å². The van der Waals surface area contributed by atoms with Crippen LogP contribution in [0, 0.1) is 22.0 Å². The van der Waals surface area contributed by atoms with E-state index in [-0.39, 0.29) is 24.3 Å². The third kappa shape index (κ3) is 15.2. The number of hydrogen-bond donors (Lipinski definition) is 4. The monoisotopic (exact) mass is 497 g/mol. The number of hydrazine groups is 1. The minimum Gasteiger partial charge on any atom is -0.365 e. The lowest BCUT2D eigenvalue weighted by Gasteiger charge is -2.31. The number of nitrogens with zero attached hydrogens (tertiary/aromatic N) is 3. The molecule has 0 bridgehead atoms. The van der Waals surface area contributed by atoms with Gasteiger partial charge in [-0.25, -0.2) is 15.1 Å². The first-order valence-electron chi connectivity index (χ1n) is 13.2. The molecule has 0 aromatic heterocycles. The number of likely N-dealkylation sites (tertiary alicyclic amines) is 1. The Hall–Kier alpha value is -2.43. The van der Waals surface area contributed by atoms with E-state index in [4.69, 9.17) is 5.73 Å². The van der Waals surface area contributed by atoms with Crippen LogP contribution in [0.2, 0.25) is 0 Å². The van der Waals surface area contributed by atoms with Gasteiger partial charge in [-0.05, 0) is 82.8 Å². The van der Waals surface area contributed by atoms with E-state index < -0.39 is 11.1 Å². The van der Waals surface area contributed by atoms with Crippen LogP contribution in [0.1, 0.15) is 85.0 Å². The lowest BCUT2D eigenvalue weighted by molar-refractivity contribution is -0.525. The van der Waals surface area contributed by atoms with E-state index in [9.17, 15) is 19.7 Å². The molecule has 11 nitrogen and oxygen atoms in total. The predicted octanol–water partition coefficient (Wildman–Crippen LogP) is 2.19. The number of aliphatic imine (C=N–C) groups is 1. The van der Waals surface area contributed by atoms with Crippen LogP contribution in [-0.2, 0) is 9.59 Å². The second-order valence-electron chi connectivity index (χ2n) is 9.90. The SMILES string of the molecule is CCCCN1CCC(CCCC(=O)N[C@@H](CCCN=C(N)N[N+](=O)[O-])C(=O)NCCC(C)C)CC1. The first-order valence-corrected chi connectivity index (χ1v) is 13.2. The Kier molecular flexibility index (Phi) is 15.7. The molecule has 0 radical (unpaired) electrons. The number of piperidine rings is 1. The number of rotatable bonds is 17. The molecule has 1 aliphatic heterocycles. The van der Waals surface area contributed by atoms with Gasteiger partial charge >= 0.3 is 0 Å². The third-order valence-corrected chi connectivity index (χ3v) is 6.36. The van der Waals surface area contributed by atoms with E-state index in [1.807, 2.05) is 0 Å². The van der Waals surface area contributed by atoms with Gasteiger partial charge in [-0.1, -0.05) is 32.6 Å². The summed E-state index contributed by atoms with van der Waals surface area (Å²) in [7, 11) is 0. The Morgan fingerprint density at radius 2 is 1.89 bits per heavy atom. The van der Waals surface area contributed by atoms with E-state index in [2.05, 4.69) is 41.3 Å². The summed E-state index contributed by atoms with van der Waals surface area (Å²) in [6.45, 7) is 10.7. The molecule has 1 fully saturated rings. The van der Waals surface area contributed by atoms with Crippen LogP contribution in [-0.4, -0.2) is 66.5 Å². The van der Waals surface area contributed by atoms with E-state index in [1.54, 1.807) is 5.43 Å². The van der Waals surface area contributed by atoms with Crippen LogP contribution < -0.4 is 21.8 Å².